The second kappa shape index (κ2) is 9.41. The summed E-state index contributed by atoms with van der Waals surface area (Å²) >= 11 is 13.7. The van der Waals surface area contributed by atoms with Crippen LogP contribution in [-0.4, -0.2) is 17.6 Å². The molecule has 1 heterocycles. The third kappa shape index (κ3) is 5.21. The Labute approximate surface area is 208 Å². The molecule has 4 nitrogen and oxygen atoms in total. The third-order valence-corrected chi connectivity index (χ3v) is 7.24. The summed E-state index contributed by atoms with van der Waals surface area (Å²) in [5, 5.41) is 3.48. The highest BCUT2D eigenvalue weighted by Crippen LogP contribution is 2.42. The van der Waals surface area contributed by atoms with Crippen molar-refractivity contribution >= 4 is 58.2 Å². The predicted octanol–water partition coefficient (Wildman–Crippen LogP) is 7.32. The lowest BCUT2D eigenvalue weighted by Gasteiger charge is -2.26. The molecule has 33 heavy (non-hydrogen) atoms. The van der Waals surface area contributed by atoms with E-state index in [-0.39, 0.29) is 27.6 Å². The first-order valence-electron chi connectivity index (χ1n) is 10.5. The van der Waals surface area contributed by atoms with Crippen LogP contribution in [-0.2, 0) is 10.2 Å². The van der Waals surface area contributed by atoms with Crippen LogP contribution in [0.3, 0.4) is 0 Å². The van der Waals surface area contributed by atoms with Crippen molar-refractivity contribution in [3.63, 3.8) is 0 Å². The monoisotopic (exact) mass is 498 g/mol. The Morgan fingerprint density at radius 2 is 1.76 bits per heavy atom. The van der Waals surface area contributed by atoms with E-state index in [4.69, 9.17) is 23.2 Å². The highest BCUT2D eigenvalue weighted by atomic mass is 35.5. The molecule has 0 aromatic heterocycles. The maximum atomic E-state index is 12.8. The number of halogens is 2. The zero-order chi connectivity index (χ0) is 23.8. The lowest BCUT2D eigenvalue weighted by atomic mass is 9.87. The molecule has 1 unspecified atom stereocenters. The van der Waals surface area contributed by atoms with Gasteiger partial charge < -0.3 is 5.32 Å². The van der Waals surface area contributed by atoms with Gasteiger partial charge in [0.1, 0.15) is 5.37 Å². The summed E-state index contributed by atoms with van der Waals surface area (Å²) in [6.45, 7) is 6.50. The van der Waals surface area contributed by atoms with Crippen LogP contribution in [0.5, 0.6) is 0 Å². The van der Waals surface area contributed by atoms with Gasteiger partial charge in [-0.1, -0.05) is 68.2 Å². The number of nitrogens with zero attached hydrogens (tertiary/aromatic N) is 1. The van der Waals surface area contributed by atoms with E-state index in [0.717, 1.165) is 11.3 Å². The SMILES string of the molecule is CC(C)(C)c1ccc(N2C(=O)CSC2c2cccc(NC(=O)c3ccc(Cl)cc3Cl)c2)cc1. The summed E-state index contributed by atoms with van der Waals surface area (Å²) < 4.78 is 0. The van der Waals surface area contributed by atoms with Crippen molar-refractivity contribution in [3.8, 4) is 0 Å². The van der Waals surface area contributed by atoms with Gasteiger partial charge in [0.2, 0.25) is 5.91 Å². The van der Waals surface area contributed by atoms with Crippen molar-refractivity contribution in [1.29, 1.82) is 0 Å². The average molecular weight is 499 g/mol. The molecule has 0 spiro atoms. The molecule has 3 aromatic rings. The minimum atomic E-state index is -0.321. The zero-order valence-electron chi connectivity index (χ0n) is 18.6. The van der Waals surface area contributed by atoms with Crippen molar-refractivity contribution in [2.45, 2.75) is 31.6 Å². The molecule has 3 aromatic carbocycles. The van der Waals surface area contributed by atoms with Gasteiger partial charge in [-0.25, -0.2) is 0 Å². The Morgan fingerprint density at radius 3 is 2.42 bits per heavy atom. The smallest absolute Gasteiger partial charge is 0.257 e. The Hall–Kier alpha value is -2.47. The van der Waals surface area contributed by atoms with Crippen molar-refractivity contribution in [2.24, 2.45) is 0 Å². The van der Waals surface area contributed by atoms with E-state index >= 15 is 0 Å². The van der Waals surface area contributed by atoms with E-state index in [2.05, 4.69) is 38.2 Å². The molecule has 1 N–H and O–H groups in total. The van der Waals surface area contributed by atoms with Crippen LogP contribution in [0, 0.1) is 0 Å². The fraction of sp³-hybridized carbons (Fsp3) is 0.231. The number of amides is 2. The van der Waals surface area contributed by atoms with Gasteiger partial charge in [0.05, 0.1) is 16.3 Å². The lowest BCUT2D eigenvalue weighted by molar-refractivity contribution is -0.115. The topological polar surface area (TPSA) is 49.4 Å². The maximum absolute atomic E-state index is 12.8. The number of carbonyl (C=O) groups excluding carboxylic acids is 2. The van der Waals surface area contributed by atoms with Crippen molar-refractivity contribution in [2.75, 3.05) is 16.0 Å². The van der Waals surface area contributed by atoms with E-state index in [1.165, 1.54) is 11.6 Å². The number of thioether (sulfide) groups is 1. The molecule has 0 saturated carbocycles. The first-order chi connectivity index (χ1) is 15.6. The lowest BCUT2D eigenvalue weighted by Crippen LogP contribution is -2.28. The highest BCUT2D eigenvalue weighted by Gasteiger charge is 2.34. The summed E-state index contributed by atoms with van der Waals surface area (Å²) in [6.07, 6.45) is 0. The zero-order valence-corrected chi connectivity index (χ0v) is 20.9. The first-order valence-corrected chi connectivity index (χ1v) is 12.3. The van der Waals surface area contributed by atoms with Gasteiger partial charge in [0, 0.05) is 16.4 Å². The second-order valence-electron chi connectivity index (χ2n) is 8.93. The van der Waals surface area contributed by atoms with Crippen LogP contribution in [0.15, 0.2) is 66.7 Å². The van der Waals surface area contributed by atoms with Crippen molar-refractivity contribution in [3.05, 3.63) is 93.5 Å². The first kappa shape index (κ1) is 23.7. The molecule has 7 heteroatoms. The van der Waals surface area contributed by atoms with Gasteiger partial charge in [-0.15, -0.1) is 11.8 Å². The van der Waals surface area contributed by atoms with Crippen LogP contribution in [0.1, 0.15) is 47.6 Å². The molecule has 0 aliphatic carbocycles. The van der Waals surface area contributed by atoms with E-state index in [1.807, 2.05) is 41.3 Å². The van der Waals surface area contributed by atoms with Crippen molar-refractivity contribution in [1.82, 2.24) is 0 Å². The van der Waals surface area contributed by atoms with E-state index in [0.29, 0.717) is 22.0 Å². The van der Waals surface area contributed by atoms with Crippen LogP contribution in [0.25, 0.3) is 0 Å². The second-order valence-corrected chi connectivity index (χ2v) is 10.8. The highest BCUT2D eigenvalue weighted by molar-refractivity contribution is 8.00. The fourth-order valence-electron chi connectivity index (χ4n) is 3.71. The maximum Gasteiger partial charge on any atom is 0.257 e. The Morgan fingerprint density at radius 1 is 1.03 bits per heavy atom. The Bertz CT molecular complexity index is 1210. The van der Waals surface area contributed by atoms with Gasteiger partial charge in [0.15, 0.2) is 0 Å². The van der Waals surface area contributed by atoms with E-state index < -0.39 is 0 Å². The molecule has 170 valence electrons. The minimum absolute atomic E-state index is 0.0429. The van der Waals surface area contributed by atoms with Crippen LogP contribution in [0.2, 0.25) is 10.0 Å². The Balaban J connectivity index is 1.58. The fourth-order valence-corrected chi connectivity index (χ4v) is 5.38. The molecule has 1 fully saturated rings. The summed E-state index contributed by atoms with van der Waals surface area (Å²) in [6, 6.07) is 20.5. The summed E-state index contributed by atoms with van der Waals surface area (Å²) in [4.78, 5) is 27.3. The molecular formula is C26H24Cl2N2O2S. The quantitative estimate of drug-likeness (QED) is 0.409. The molecule has 0 radical (unpaired) electrons. The number of anilines is 2. The summed E-state index contributed by atoms with van der Waals surface area (Å²) in [5.74, 6) is 0.150. The van der Waals surface area contributed by atoms with Crippen LogP contribution in [0.4, 0.5) is 11.4 Å². The normalized spacial score (nSPS) is 16.2. The molecular weight excluding hydrogens is 475 g/mol. The van der Waals surface area contributed by atoms with Gasteiger partial charge in [-0.3, -0.25) is 14.5 Å². The van der Waals surface area contributed by atoms with Crippen LogP contribution < -0.4 is 10.2 Å². The number of hydrogen-bond donors (Lipinski definition) is 1. The number of hydrogen-bond acceptors (Lipinski definition) is 3. The van der Waals surface area contributed by atoms with Crippen LogP contribution >= 0.6 is 35.0 Å². The van der Waals surface area contributed by atoms with Gasteiger partial charge in [-0.05, 0) is 59.0 Å². The summed E-state index contributed by atoms with van der Waals surface area (Å²) in [5.41, 5.74) is 4.04. The number of nitrogens with one attached hydrogen (secondary N) is 1. The molecule has 1 aliphatic heterocycles. The van der Waals surface area contributed by atoms with E-state index in [9.17, 15) is 9.59 Å². The predicted molar refractivity (Wildman–Crippen MR) is 139 cm³/mol. The molecule has 1 saturated heterocycles. The summed E-state index contributed by atoms with van der Waals surface area (Å²) in [7, 11) is 0. The molecule has 1 atom stereocenters. The number of carbonyl (C=O) groups is 2. The molecule has 1 aliphatic rings. The molecule has 2 amide bonds. The molecule has 0 bridgehead atoms. The average Bonchev–Trinajstić information content (AvgIpc) is 3.14. The number of benzene rings is 3. The third-order valence-electron chi connectivity index (χ3n) is 5.48. The van der Waals surface area contributed by atoms with E-state index in [1.54, 1.807) is 23.9 Å². The van der Waals surface area contributed by atoms with Gasteiger partial charge >= 0.3 is 0 Å². The van der Waals surface area contributed by atoms with Crippen molar-refractivity contribution < 1.29 is 9.59 Å². The molecule has 4 rings (SSSR count). The Kier molecular flexibility index (Phi) is 6.76. The minimum Gasteiger partial charge on any atom is -0.322 e. The number of rotatable bonds is 4. The largest absolute Gasteiger partial charge is 0.322 e. The van der Waals surface area contributed by atoms with Gasteiger partial charge in [0.25, 0.3) is 5.91 Å². The standard InChI is InChI=1S/C26H24Cl2N2O2S/c1-26(2,3)17-7-10-20(11-8-17)30-23(31)15-33-25(30)16-5-4-6-19(13-16)29-24(32)21-12-9-18(27)14-22(21)28/h4-14,25H,15H2,1-3H3,(H,29,32). The van der Waals surface area contributed by atoms with Gasteiger partial charge in [-0.2, -0.15) is 0 Å².